The number of benzene rings is 1. The molecular weight excluding hydrogens is 208 g/mol. The number of para-hydroxylation sites is 1. The van der Waals surface area contributed by atoms with Gasteiger partial charge in [-0.05, 0) is 42.9 Å². The summed E-state index contributed by atoms with van der Waals surface area (Å²) in [5.74, 6) is 0. The number of aromatic nitrogens is 1. The summed E-state index contributed by atoms with van der Waals surface area (Å²) in [7, 11) is 0. The van der Waals surface area contributed by atoms with Crippen LogP contribution in [0.15, 0.2) is 30.5 Å². The predicted octanol–water partition coefficient (Wildman–Crippen LogP) is 3.23. The summed E-state index contributed by atoms with van der Waals surface area (Å²) >= 11 is 0. The van der Waals surface area contributed by atoms with Gasteiger partial charge in [-0.25, -0.2) is 0 Å². The fourth-order valence-electron chi connectivity index (χ4n) is 3.26. The maximum atomic E-state index is 6.02. The maximum absolute atomic E-state index is 6.02. The van der Waals surface area contributed by atoms with Gasteiger partial charge in [0.15, 0.2) is 0 Å². The summed E-state index contributed by atoms with van der Waals surface area (Å²) in [5.41, 5.74) is 9.07. The Bertz CT molecular complexity index is 506. The van der Waals surface area contributed by atoms with Gasteiger partial charge in [-0.3, -0.25) is 0 Å². The number of rotatable bonds is 3. The predicted molar refractivity (Wildman–Crippen MR) is 72.0 cm³/mol. The first-order chi connectivity index (χ1) is 8.33. The van der Waals surface area contributed by atoms with E-state index in [2.05, 4.69) is 35.4 Å². The average molecular weight is 228 g/mol. The van der Waals surface area contributed by atoms with E-state index in [0.717, 1.165) is 13.0 Å². The first-order valence-electron chi connectivity index (χ1n) is 6.58. The summed E-state index contributed by atoms with van der Waals surface area (Å²) in [6, 6.07) is 8.54. The van der Waals surface area contributed by atoms with Crippen molar-refractivity contribution in [1.82, 2.24) is 4.98 Å². The molecule has 1 fully saturated rings. The molecule has 17 heavy (non-hydrogen) atoms. The molecule has 0 atom stereocenters. The highest BCUT2D eigenvalue weighted by Gasteiger charge is 2.33. The van der Waals surface area contributed by atoms with Gasteiger partial charge < -0.3 is 10.7 Å². The quantitative estimate of drug-likeness (QED) is 0.832. The highest BCUT2D eigenvalue weighted by atomic mass is 14.7. The van der Waals surface area contributed by atoms with Gasteiger partial charge in [-0.2, -0.15) is 0 Å². The molecule has 3 rings (SSSR count). The molecule has 2 aromatic rings. The topological polar surface area (TPSA) is 41.8 Å². The Kier molecular flexibility index (Phi) is 2.67. The van der Waals surface area contributed by atoms with Crippen LogP contribution in [0.5, 0.6) is 0 Å². The summed E-state index contributed by atoms with van der Waals surface area (Å²) in [5, 5.41) is 1.37. The lowest BCUT2D eigenvalue weighted by Gasteiger charge is -2.26. The van der Waals surface area contributed by atoms with Crippen molar-refractivity contribution in [3.8, 4) is 0 Å². The second-order valence-corrected chi connectivity index (χ2v) is 5.45. The van der Waals surface area contributed by atoms with E-state index >= 15 is 0 Å². The van der Waals surface area contributed by atoms with Gasteiger partial charge in [-0.15, -0.1) is 0 Å². The highest BCUT2D eigenvalue weighted by Crippen LogP contribution is 2.41. The second-order valence-electron chi connectivity index (χ2n) is 5.45. The molecule has 1 saturated carbocycles. The minimum Gasteiger partial charge on any atom is -0.361 e. The van der Waals surface area contributed by atoms with Gasteiger partial charge in [0, 0.05) is 17.1 Å². The zero-order valence-corrected chi connectivity index (χ0v) is 10.2. The molecule has 2 heteroatoms. The van der Waals surface area contributed by atoms with Crippen LogP contribution in [0.1, 0.15) is 31.2 Å². The summed E-state index contributed by atoms with van der Waals surface area (Å²) in [6.45, 7) is 0.826. The maximum Gasteiger partial charge on any atom is 0.0456 e. The zero-order chi connectivity index (χ0) is 11.7. The van der Waals surface area contributed by atoms with Crippen molar-refractivity contribution < 1.29 is 0 Å². The van der Waals surface area contributed by atoms with E-state index < -0.39 is 0 Å². The van der Waals surface area contributed by atoms with Crippen molar-refractivity contribution in [2.24, 2.45) is 11.1 Å². The van der Waals surface area contributed by atoms with Gasteiger partial charge in [0.2, 0.25) is 0 Å². The number of hydrogen-bond donors (Lipinski definition) is 2. The van der Waals surface area contributed by atoms with Gasteiger partial charge in [0.25, 0.3) is 0 Å². The monoisotopic (exact) mass is 228 g/mol. The smallest absolute Gasteiger partial charge is 0.0456 e. The number of hydrogen-bond acceptors (Lipinski definition) is 1. The van der Waals surface area contributed by atoms with Crippen LogP contribution in [0.3, 0.4) is 0 Å². The average Bonchev–Trinajstić information content (AvgIpc) is 2.99. The van der Waals surface area contributed by atoms with Crippen molar-refractivity contribution >= 4 is 10.9 Å². The first kappa shape index (κ1) is 10.8. The summed E-state index contributed by atoms with van der Waals surface area (Å²) < 4.78 is 0. The van der Waals surface area contributed by atoms with Crippen LogP contribution >= 0.6 is 0 Å². The lowest BCUT2D eigenvalue weighted by Crippen LogP contribution is -2.29. The molecule has 0 saturated heterocycles. The van der Waals surface area contributed by atoms with Crippen molar-refractivity contribution in [2.75, 3.05) is 6.54 Å². The Hall–Kier alpha value is -1.28. The molecular formula is C15H20N2. The van der Waals surface area contributed by atoms with Gasteiger partial charge in [-0.1, -0.05) is 31.0 Å². The fraction of sp³-hybridized carbons (Fsp3) is 0.467. The Balaban J connectivity index is 1.94. The zero-order valence-electron chi connectivity index (χ0n) is 10.2. The molecule has 1 aromatic carbocycles. The Morgan fingerprint density at radius 1 is 1.18 bits per heavy atom. The van der Waals surface area contributed by atoms with Crippen molar-refractivity contribution in [2.45, 2.75) is 32.1 Å². The van der Waals surface area contributed by atoms with Gasteiger partial charge in [0.05, 0.1) is 0 Å². The molecule has 1 aliphatic carbocycles. The van der Waals surface area contributed by atoms with Crippen LogP contribution in [-0.2, 0) is 6.42 Å². The van der Waals surface area contributed by atoms with E-state index in [0.29, 0.717) is 5.41 Å². The van der Waals surface area contributed by atoms with Crippen LogP contribution in [-0.4, -0.2) is 11.5 Å². The molecule has 90 valence electrons. The molecule has 0 aliphatic heterocycles. The van der Waals surface area contributed by atoms with Crippen LogP contribution < -0.4 is 5.73 Å². The van der Waals surface area contributed by atoms with Crippen molar-refractivity contribution in [3.63, 3.8) is 0 Å². The molecule has 0 unspecified atom stereocenters. The van der Waals surface area contributed by atoms with E-state index in [9.17, 15) is 0 Å². The second kappa shape index (κ2) is 4.19. The van der Waals surface area contributed by atoms with Gasteiger partial charge in [0.1, 0.15) is 0 Å². The Morgan fingerprint density at radius 3 is 2.71 bits per heavy atom. The van der Waals surface area contributed by atoms with Gasteiger partial charge >= 0.3 is 0 Å². The minimum atomic E-state index is 0.366. The largest absolute Gasteiger partial charge is 0.361 e. The van der Waals surface area contributed by atoms with Crippen LogP contribution in [0.2, 0.25) is 0 Å². The Morgan fingerprint density at radius 2 is 1.94 bits per heavy atom. The van der Waals surface area contributed by atoms with E-state index in [1.807, 2.05) is 0 Å². The molecule has 1 aromatic heterocycles. The van der Waals surface area contributed by atoms with E-state index in [-0.39, 0.29) is 0 Å². The molecule has 0 radical (unpaired) electrons. The van der Waals surface area contributed by atoms with Crippen LogP contribution in [0, 0.1) is 5.41 Å². The molecule has 0 spiro atoms. The third kappa shape index (κ3) is 1.87. The standard InChI is InChI=1S/C15H20N2/c16-11-15(7-3-4-8-15)9-12-10-17-14-6-2-1-5-13(12)14/h1-2,5-6,10,17H,3-4,7-9,11,16H2. The van der Waals surface area contributed by atoms with Crippen molar-refractivity contribution in [3.05, 3.63) is 36.0 Å². The SMILES string of the molecule is NCC1(Cc2c[nH]c3ccccc23)CCCC1. The Labute approximate surface area is 102 Å². The molecule has 0 amide bonds. The first-order valence-corrected chi connectivity index (χ1v) is 6.58. The van der Waals surface area contributed by atoms with Crippen LogP contribution in [0.25, 0.3) is 10.9 Å². The molecule has 0 bridgehead atoms. The highest BCUT2D eigenvalue weighted by molar-refractivity contribution is 5.83. The lowest BCUT2D eigenvalue weighted by molar-refractivity contribution is 0.307. The molecule has 1 heterocycles. The van der Waals surface area contributed by atoms with E-state index in [1.165, 1.54) is 42.1 Å². The summed E-state index contributed by atoms with van der Waals surface area (Å²) in [6.07, 6.45) is 8.58. The van der Waals surface area contributed by atoms with Crippen molar-refractivity contribution in [1.29, 1.82) is 0 Å². The number of H-pyrrole nitrogens is 1. The molecule has 1 aliphatic rings. The minimum absolute atomic E-state index is 0.366. The van der Waals surface area contributed by atoms with E-state index in [4.69, 9.17) is 5.73 Å². The lowest BCUT2D eigenvalue weighted by atomic mass is 9.80. The summed E-state index contributed by atoms with van der Waals surface area (Å²) in [4.78, 5) is 3.36. The molecule has 3 N–H and O–H groups in total. The molecule has 2 nitrogen and oxygen atoms in total. The van der Waals surface area contributed by atoms with Crippen LogP contribution in [0.4, 0.5) is 0 Å². The third-order valence-electron chi connectivity index (χ3n) is 4.34. The number of fused-ring (bicyclic) bond motifs is 1. The van der Waals surface area contributed by atoms with E-state index in [1.54, 1.807) is 0 Å². The number of nitrogens with two attached hydrogens (primary N) is 1. The fourth-order valence-corrected chi connectivity index (χ4v) is 3.26. The normalized spacial score (nSPS) is 18.9. The number of nitrogens with one attached hydrogen (secondary N) is 1. The third-order valence-corrected chi connectivity index (χ3v) is 4.34. The number of aromatic amines is 1.